The summed E-state index contributed by atoms with van der Waals surface area (Å²) < 4.78 is 14.9. The van der Waals surface area contributed by atoms with Crippen LogP contribution in [0.25, 0.3) is 11.3 Å². The monoisotopic (exact) mass is 424 g/mol. The Bertz CT molecular complexity index is 1120. The predicted molar refractivity (Wildman–Crippen MR) is 114 cm³/mol. The number of anilines is 1. The molecule has 1 aromatic carbocycles. The van der Waals surface area contributed by atoms with Crippen molar-refractivity contribution < 1.29 is 14.0 Å². The molecule has 1 atom stereocenters. The molecule has 31 heavy (non-hydrogen) atoms. The van der Waals surface area contributed by atoms with Crippen LogP contribution >= 0.6 is 0 Å². The van der Waals surface area contributed by atoms with E-state index in [-0.39, 0.29) is 23.5 Å². The topological polar surface area (TPSA) is 95.9 Å². The molecule has 8 nitrogen and oxygen atoms in total. The van der Waals surface area contributed by atoms with Gasteiger partial charge in [-0.3, -0.25) is 19.4 Å². The molecule has 2 N–H and O–H groups in total. The molecule has 0 aliphatic carbocycles. The first-order valence-electron chi connectivity index (χ1n) is 10.3. The molecule has 4 rings (SSSR count). The zero-order chi connectivity index (χ0) is 22.1. The van der Waals surface area contributed by atoms with Crippen LogP contribution in [-0.2, 0) is 11.3 Å². The van der Waals surface area contributed by atoms with Crippen LogP contribution in [0.4, 0.5) is 10.2 Å². The lowest BCUT2D eigenvalue weighted by molar-refractivity contribution is -0.119. The maximum absolute atomic E-state index is 13.1. The van der Waals surface area contributed by atoms with Crippen molar-refractivity contribution >= 4 is 17.6 Å². The van der Waals surface area contributed by atoms with E-state index in [0.29, 0.717) is 48.8 Å². The van der Waals surface area contributed by atoms with Crippen molar-refractivity contribution in [1.82, 2.24) is 24.9 Å². The van der Waals surface area contributed by atoms with Gasteiger partial charge in [-0.1, -0.05) is 0 Å². The number of halogens is 1. The Morgan fingerprint density at radius 2 is 2.00 bits per heavy atom. The van der Waals surface area contributed by atoms with E-state index in [0.717, 1.165) is 11.3 Å². The first-order chi connectivity index (χ1) is 14.9. The number of nitrogens with one attached hydrogen (secondary N) is 2. The van der Waals surface area contributed by atoms with Gasteiger partial charge in [-0.05, 0) is 57.0 Å². The zero-order valence-corrected chi connectivity index (χ0v) is 17.8. The quantitative estimate of drug-likeness (QED) is 0.658. The molecule has 9 heteroatoms. The van der Waals surface area contributed by atoms with E-state index in [9.17, 15) is 14.0 Å². The Kier molecular flexibility index (Phi) is 5.58. The summed E-state index contributed by atoms with van der Waals surface area (Å²) in [6, 6.07) is 7.71. The van der Waals surface area contributed by atoms with Gasteiger partial charge in [0.25, 0.3) is 5.91 Å². The normalized spacial score (nSPS) is 16.0. The van der Waals surface area contributed by atoms with Crippen LogP contribution in [0.15, 0.2) is 30.3 Å². The molecule has 0 radical (unpaired) electrons. The number of aromatic nitrogens is 4. The molecule has 2 aromatic heterocycles. The highest BCUT2D eigenvalue weighted by atomic mass is 19.1. The van der Waals surface area contributed by atoms with Crippen LogP contribution in [0.3, 0.4) is 0 Å². The lowest BCUT2D eigenvalue weighted by Crippen LogP contribution is -2.32. The number of aryl methyl sites for hydroxylation is 2. The van der Waals surface area contributed by atoms with E-state index in [2.05, 4.69) is 20.6 Å². The average Bonchev–Trinajstić information content (AvgIpc) is 3.47. The Morgan fingerprint density at radius 1 is 1.26 bits per heavy atom. The van der Waals surface area contributed by atoms with Crippen LogP contribution in [0.1, 0.15) is 35.1 Å². The van der Waals surface area contributed by atoms with Gasteiger partial charge in [0.05, 0.1) is 22.9 Å². The first kappa shape index (κ1) is 20.8. The Morgan fingerprint density at radius 3 is 2.68 bits per heavy atom. The lowest BCUT2D eigenvalue weighted by atomic mass is 10.1. The fraction of sp³-hybridized carbons (Fsp3) is 0.364. The number of hydrogen-bond acceptors (Lipinski definition) is 4. The van der Waals surface area contributed by atoms with Gasteiger partial charge < -0.3 is 10.2 Å². The number of aromatic amines is 1. The molecule has 3 aromatic rings. The van der Waals surface area contributed by atoms with Gasteiger partial charge in [0.15, 0.2) is 5.82 Å². The van der Waals surface area contributed by atoms with Gasteiger partial charge in [-0.15, -0.1) is 0 Å². The minimum absolute atomic E-state index is 0.0802. The second kappa shape index (κ2) is 8.33. The number of benzene rings is 1. The minimum atomic E-state index is -0.315. The molecule has 0 bridgehead atoms. The Balaban J connectivity index is 1.40. The van der Waals surface area contributed by atoms with Gasteiger partial charge in [0, 0.05) is 31.4 Å². The fourth-order valence-electron chi connectivity index (χ4n) is 4.02. The van der Waals surface area contributed by atoms with Crippen molar-refractivity contribution in [2.75, 3.05) is 18.4 Å². The third-order valence-electron chi connectivity index (χ3n) is 5.73. The number of hydrogen-bond donors (Lipinski definition) is 2. The van der Waals surface area contributed by atoms with E-state index in [1.54, 1.807) is 23.1 Å². The second-order valence-corrected chi connectivity index (χ2v) is 7.76. The number of carbonyl (C=O) groups excluding carboxylic acids is 2. The molecule has 162 valence electrons. The average molecular weight is 424 g/mol. The molecule has 3 heterocycles. The lowest BCUT2D eigenvalue weighted by Gasteiger charge is -2.16. The van der Waals surface area contributed by atoms with Crippen molar-refractivity contribution in [3.8, 4) is 11.3 Å². The summed E-state index contributed by atoms with van der Waals surface area (Å²) >= 11 is 0. The molecule has 0 spiro atoms. The van der Waals surface area contributed by atoms with Crippen LogP contribution in [0.2, 0.25) is 0 Å². The summed E-state index contributed by atoms with van der Waals surface area (Å²) in [6.45, 7) is 7.30. The maximum atomic E-state index is 13.1. The van der Waals surface area contributed by atoms with Crippen molar-refractivity contribution in [3.05, 3.63) is 53.1 Å². The zero-order valence-electron chi connectivity index (χ0n) is 17.8. The number of nitrogens with zero attached hydrogens (tertiary/aromatic N) is 4. The Hall–Kier alpha value is -3.49. The summed E-state index contributed by atoms with van der Waals surface area (Å²) in [5.74, 6) is -0.486. The standard InChI is InChI=1S/C22H25FN6O2/c1-4-29-14(3)20(13(2)27-29)22(31)28-10-9-16(12-28)21(30)24-19-11-18(25-26-19)15-5-7-17(23)8-6-15/h5-8,11,16H,4,9-10,12H2,1-3H3,(H2,24,25,26,30). The summed E-state index contributed by atoms with van der Waals surface area (Å²) in [7, 11) is 0. The number of likely N-dealkylation sites (tertiary alicyclic amines) is 1. The molecular formula is C22H25FN6O2. The molecule has 1 aliphatic rings. The number of H-pyrrole nitrogens is 1. The van der Waals surface area contributed by atoms with E-state index in [1.165, 1.54) is 12.1 Å². The smallest absolute Gasteiger partial charge is 0.257 e. The highest BCUT2D eigenvalue weighted by molar-refractivity contribution is 5.98. The third kappa shape index (κ3) is 4.08. The predicted octanol–water partition coefficient (Wildman–Crippen LogP) is 3.15. The van der Waals surface area contributed by atoms with Crippen molar-refractivity contribution in [2.24, 2.45) is 5.92 Å². The molecule has 1 saturated heterocycles. The second-order valence-electron chi connectivity index (χ2n) is 7.76. The summed E-state index contributed by atoms with van der Waals surface area (Å²) in [5, 5.41) is 14.2. The van der Waals surface area contributed by atoms with Gasteiger partial charge in [0.1, 0.15) is 5.82 Å². The SMILES string of the molecule is CCn1nc(C)c(C(=O)N2CCC(C(=O)Nc3cc(-c4ccc(F)cc4)[nH]n3)C2)c1C. The number of rotatable bonds is 5. The van der Waals surface area contributed by atoms with E-state index >= 15 is 0 Å². The number of amides is 2. The third-order valence-corrected chi connectivity index (χ3v) is 5.73. The highest BCUT2D eigenvalue weighted by Gasteiger charge is 2.33. The molecular weight excluding hydrogens is 399 g/mol. The molecule has 1 fully saturated rings. The largest absolute Gasteiger partial charge is 0.338 e. The summed E-state index contributed by atoms with van der Waals surface area (Å²) in [4.78, 5) is 27.5. The fourth-order valence-corrected chi connectivity index (χ4v) is 4.02. The summed E-state index contributed by atoms with van der Waals surface area (Å²) in [5.41, 5.74) is 3.63. The molecule has 1 unspecified atom stereocenters. The Labute approximate surface area is 179 Å². The highest BCUT2D eigenvalue weighted by Crippen LogP contribution is 2.24. The van der Waals surface area contributed by atoms with E-state index in [1.807, 2.05) is 25.5 Å². The maximum Gasteiger partial charge on any atom is 0.257 e. The van der Waals surface area contributed by atoms with Crippen molar-refractivity contribution in [3.63, 3.8) is 0 Å². The van der Waals surface area contributed by atoms with Crippen LogP contribution < -0.4 is 5.32 Å². The molecule has 0 saturated carbocycles. The minimum Gasteiger partial charge on any atom is -0.338 e. The van der Waals surface area contributed by atoms with Gasteiger partial charge >= 0.3 is 0 Å². The van der Waals surface area contributed by atoms with E-state index in [4.69, 9.17) is 0 Å². The molecule has 1 aliphatic heterocycles. The van der Waals surface area contributed by atoms with Crippen LogP contribution in [-0.4, -0.2) is 49.8 Å². The van der Waals surface area contributed by atoms with Gasteiger partial charge in [-0.2, -0.15) is 10.2 Å². The number of carbonyl (C=O) groups is 2. The van der Waals surface area contributed by atoms with Crippen molar-refractivity contribution in [1.29, 1.82) is 0 Å². The van der Waals surface area contributed by atoms with Gasteiger partial charge in [0.2, 0.25) is 5.91 Å². The van der Waals surface area contributed by atoms with Crippen LogP contribution in [0.5, 0.6) is 0 Å². The van der Waals surface area contributed by atoms with Crippen molar-refractivity contribution in [2.45, 2.75) is 33.7 Å². The van der Waals surface area contributed by atoms with Gasteiger partial charge in [-0.25, -0.2) is 4.39 Å². The van der Waals surface area contributed by atoms with E-state index < -0.39 is 0 Å². The first-order valence-corrected chi connectivity index (χ1v) is 10.3. The van der Waals surface area contributed by atoms with Crippen LogP contribution in [0, 0.1) is 25.6 Å². The molecule has 2 amide bonds. The summed E-state index contributed by atoms with van der Waals surface area (Å²) in [6.07, 6.45) is 0.590.